The first-order valence-electron chi connectivity index (χ1n) is 4.59. The van der Waals surface area contributed by atoms with Gasteiger partial charge in [0.05, 0.1) is 0 Å². The maximum absolute atomic E-state index is 10.7. The number of aromatic amines is 2. The Morgan fingerprint density at radius 2 is 2.08 bits per heavy atom. The highest BCUT2D eigenvalue weighted by Crippen LogP contribution is 2.03. The van der Waals surface area contributed by atoms with Gasteiger partial charge in [0.2, 0.25) is 0 Å². The van der Waals surface area contributed by atoms with Crippen LogP contribution in [-0.2, 0) is 6.42 Å². The molecule has 2 N–H and O–H groups in total. The molecule has 0 saturated carbocycles. The molecule has 0 spiro atoms. The molecule has 0 bridgehead atoms. The quantitative estimate of drug-likeness (QED) is 0.647. The molecular formula is C9H16N2O. The first-order valence-corrected chi connectivity index (χ1v) is 4.59. The highest BCUT2D eigenvalue weighted by Gasteiger charge is 1.95. The van der Waals surface area contributed by atoms with Crippen LogP contribution in [0.4, 0.5) is 0 Å². The van der Waals surface area contributed by atoms with E-state index in [9.17, 15) is 4.79 Å². The smallest absolute Gasteiger partial charge is 0.264 e. The molecule has 0 aliphatic rings. The van der Waals surface area contributed by atoms with Gasteiger partial charge < -0.3 is 5.10 Å². The first-order chi connectivity index (χ1) is 5.83. The van der Waals surface area contributed by atoms with E-state index in [0.717, 1.165) is 12.1 Å². The van der Waals surface area contributed by atoms with Crippen LogP contribution < -0.4 is 5.56 Å². The van der Waals surface area contributed by atoms with Gasteiger partial charge in [-0.2, -0.15) is 0 Å². The van der Waals surface area contributed by atoms with E-state index < -0.39 is 0 Å². The molecule has 12 heavy (non-hydrogen) atoms. The summed E-state index contributed by atoms with van der Waals surface area (Å²) in [5, 5.41) is 5.37. The summed E-state index contributed by atoms with van der Waals surface area (Å²) >= 11 is 0. The maximum Gasteiger partial charge on any atom is 0.264 e. The average molecular weight is 168 g/mol. The van der Waals surface area contributed by atoms with Crippen molar-refractivity contribution in [2.24, 2.45) is 0 Å². The van der Waals surface area contributed by atoms with E-state index >= 15 is 0 Å². The predicted molar refractivity (Wildman–Crippen MR) is 49.3 cm³/mol. The second-order valence-corrected chi connectivity index (χ2v) is 3.09. The largest absolute Gasteiger partial charge is 0.302 e. The van der Waals surface area contributed by atoms with Crippen molar-refractivity contribution in [3.63, 3.8) is 0 Å². The summed E-state index contributed by atoms with van der Waals surface area (Å²) < 4.78 is 0. The van der Waals surface area contributed by atoms with Gasteiger partial charge in [-0.25, -0.2) is 0 Å². The van der Waals surface area contributed by atoms with Crippen LogP contribution in [0.2, 0.25) is 0 Å². The molecule has 0 fully saturated rings. The summed E-state index contributed by atoms with van der Waals surface area (Å²) in [6.45, 7) is 2.19. The van der Waals surface area contributed by atoms with Crippen LogP contribution in [0.15, 0.2) is 10.9 Å². The van der Waals surface area contributed by atoms with E-state index in [0.29, 0.717) is 0 Å². The number of hydrogen-bond donors (Lipinski definition) is 2. The van der Waals surface area contributed by atoms with Gasteiger partial charge in [0, 0.05) is 11.8 Å². The Labute approximate surface area is 72.2 Å². The minimum atomic E-state index is -0.0273. The summed E-state index contributed by atoms with van der Waals surface area (Å²) in [5.74, 6) is 0. The molecular weight excluding hydrogens is 152 g/mol. The van der Waals surface area contributed by atoms with Gasteiger partial charge in [-0.3, -0.25) is 9.89 Å². The number of aryl methyl sites for hydroxylation is 1. The van der Waals surface area contributed by atoms with Crippen LogP contribution in [0.5, 0.6) is 0 Å². The topological polar surface area (TPSA) is 48.6 Å². The molecule has 1 heterocycles. The Morgan fingerprint density at radius 1 is 1.25 bits per heavy atom. The first kappa shape index (κ1) is 9.10. The fourth-order valence-corrected chi connectivity index (χ4v) is 1.25. The van der Waals surface area contributed by atoms with E-state index in [4.69, 9.17) is 0 Å². The number of hydrogen-bond acceptors (Lipinski definition) is 1. The predicted octanol–water partition coefficient (Wildman–Crippen LogP) is 1.83. The summed E-state index contributed by atoms with van der Waals surface area (Å²) in [5.41, 5.74) is 0.997. The molecule has 68 valence electrons. The van der Waals surface area contributed by atoms with Gasteiger partial charge in [0.1, 0.15) is 0 Å². The van der Waals surface area contributed by atoms with E-state index in [1.807, 2.05) is 0 Å². The monoisotopic (exact) mass is 168 g/mol. The molecule has 0 saturated heterocycles. The molecule has 1 rings (SSSR count). The third-order valence-electron chi connectivity index (χ3n) is 1.95. The van der Waals surface area contributed by atoms with Gasteiger partial charge >= 0.3 is 0 Å². The Morgan fingerprint density at radius 3 is 2.67 bits per heavy atom. The number of nitrogens with one attached hydrogen (secondary N) is 2. The van der Waals surface area contributed by atoms with Crippen molar-refractivity contribution in [1.82, 2.24) is 10.2 Å². The van der Waals surface area contributed by atoms with Gasteiger partial charge in [-0.1, -0.05) is 26.2 Å². The summed E-state index contributed by atoms with van der Waals surface area (Å²) in [6, 6.07) is 1.63. The molecule has 0 atom stereocenters. The van der Waals surface area contributed by atoms with Crippen molar-refractivity contribution in [2.75, 3.05) is 0 Å². The van der Waals surface area contributed by atoms with E-state index in [1.165, 1.54) is 25.7 Å². The molecule has 0 amide bonds. The van der Waals surface area contributed by atoms with Crippen molar-refractivity contribution in [3.05, 3.63) is 22.1 Å². The molecule has 1 aromatic heterocycles. The second kappa shape index (κ2) is 4.80. The van der Waals surface area contributed by atoms with Crippen molar-refractivity contribution >= 4 is 0 Å². The lowest BCUT2D eigenvalue weighted by Crippen LogP contribution is -1.93. The Bertz CT molecular complexity index is 261. The van der Waals surface area contributed by atoms with Gasteiger partial charge in [-0.05, 0) is 12.8 Å². The molecule has 0 unspecified atom stereocenters. The lowest BCUT2D eigenvalue weighted by atomic mass is 10.1. The van der Waals surface area contributed by atoms with Gasteiger partial charge in [-0.15, -0.1) is 0 Å². The lowest BCUT2D eigenvalue weighted by Gasteiger charge is -1.95. The number of rotatable bonds is 5. The minimum absolute atomic E-state index is 0.0273. The van der Waals surface area contributed by atoms with Gasteiger partial charge in [0.15, 0.2) is 0 Å². The average Bonchev–Trinajstić information content (AvgIpc) is 2.45. The number of aromatic nitrogens is 2. The number of H-pyrrole nitrogens is 2. The van der Waals surface area contributed by atoms with Crippen molar-refractivity contribution in [1.29, 1.82) is 0 Å². The SMILES string of the molecule is CCCCCCc1cc(=O)[nH][nH]1. The van der Waals surface area contributed by atoms with Crippen molar-refractivity contribution < 1.29 is 0 Å². The van der Waals surface area contributed by atoms with Crippen LogP contribution in [0.3, 0.4) is 0 Å². The zero-order valence-corrected chi connectivity index (χ0v) is 7.52. The molecule has 3 nitrogen and oxygen atoms in total. The molecule has 0 aromatic carbocycles. The summed E-state index contributed by atoms with van der Waals surface area (Å²) in [4.78, 5) is 10.7. The minimum Gasteiger partial charge on any atom is -0.302 e. The fourth-order valence-electron chi connectivity index (χ4n) is 1.25. The van der Waals surface area contributed by atoms with Crippen LogP contribution in [-0.4, -0.2) is 10.2 Å². The highest BCUT2D eigenvalue weighted by molar-refractivity contribution is 4.97. The Balaban J connectivity index is 2.20. The zero-order valence-electron chi connectivity index (χ0n) is 7.52. The van der Waals surface area contributed by atoms with E-state index in [-0.39, 0.29) is 5.56 Å². The van der Waals surface area contributed by atoms with E-state index in [2.05, 4.69) is 17.1 Å². The normalized spacial score (nSPS) is 10.4. The van der Waals surface area contributed by atoms with Crippen molar-refractivity contribution in [2.45, 2.75) is 39.0 Å². The molecule has 0 aliphatic heterocycles. The summed E-state index contributed by atoms with van der Waals surface area (Å²) in [6.07, 6.45) is 5.95. The van der Waals surface area contributed by atoms with Gasteiger partial charge in [0.25, 0.3) is 5.56 Å². The summed E-state index contributed by atoms with van der Waals surface area (Å²) in [7, 11) is 0. The van der Waals surface area contributed by atoms with Crippen LogP contribution in [0.1, 0.15) is 38.3 Å². The molecule has 0 radical (unpaired) electrons. The van der Waals surface area contributed by atoms with Crippen molar-refractivity contribution in [3.8, 4) is 0 Å². The third-order valence-corrected chi connectivity index (χ3v) is 1.95. The standard InChI is InChI=1S/C9H16N2O/c1-2-3-4-5-6-8-7-9(12)11-10-8/h7H,2-6H2,1H3,(H2,10,11,12). The fraction of sp³-hybridized carbons (Fsp3) is 0.667. The Hall–Kier alpha value is -0.990. The molecule has 3 heteroatoms. The number of unbranched alkanes of at least 4 members (excludes halogenated alkanes) is 3. The van der Waals surface area contributed by atoms with Crippen LogP contribution in [0.25, 0.3) is 0 Å². The molecule has 0 aliphatic carbocycles. The lowest BCUT2D eigenvalue weighted by molar-refractivity contribution is 0.659. The molecule has 1 aromatic rings. The van der Waals surface area contributed by atoms with E-state index in [1.54, 1.807) is 6.07 Å². The second-order valence-electron chi connectivity index (χ2n) is 3.09. The Kier molecular flexibility index (Phi) is 3.64. The zero-order chi connectivity index (χ0) is 8.81. The highest BCUT2D eigenvalue weighted by atomic mass is 16.1. The van der Waals surface area contributed by atoms with Crippen LogP contribution >= 0.6 is 0 Å². The third kappa shape index (κ3) is 2.95. The van der Waals surface area contributed by atoms with Crippen LogP contribution in [0, 0.1) is 0 Å². The maximum atomic E-state index is 10.7.